The lowest BCUT2D eigenvalue weighted by Gasteiger charge is -2.26. The van der Waals surface area contributed by atoms with E-state index >= 15 is 0 Å². The molecule has 1 heterocycles. The molecule has 0 aromatic rings. The van der Waals surface area contributed by atoms with Crippen molar-refractivity contribution < 1.29 is 33.4 Å². The average Bonchev–Trinajstić information content (AvgIpc) is 3.14. The van der Waals surface area contributed by atoms with Gasteiger partial charge in [0.25, 0.3) is 0 Å². The maximum Gasteiger partial charge on any atom is 0.336 e. The summed E-state index contributed by atoms with van der Waals surface area (Å²) in [6.45, 7) is 11.6. The maximum absolute atomic E-state index is 12.6. The lowest BCUT2D eigenvalue weighted by Crippen LogP contribution is -2.37. The van der Waals surface area contributed by atoms with Crippen LogP contribution in [0.1, 0.15) is 72.6 Å². The van der Waals surface area contributed by atoms with Gasteiger partial charge in [0.15, 0.2) is 0 Å². The topological polar surface area (TPSA) is 108 Å². The summed E-state index contributed by atoms with van der Waals surface area (Å²) in [5.74, 6) is -2.82. The normalized spacial score (nSPS) is 18.8. The third-order valence-corrected chi connectivity index (χ3v) is 5.02. The van der Waals surface area contributed by atoms with Crippen LogP contribution in [0.3, 0.4) is 0 Å². The summed E-state index contributed by atoms with van der Waals surface area (Å²) in [7, 11) is 0. The van der Waals surface area contributed by atoms with E-state index in [-0.39, 0.29) is 30.4 Å². The van der Waals surface area contributed by atoms with Crippen LogP contribution < -0.4 is 5.32 Å². The van der Waals surface area contributed by atoms with Crippen LogP contribution in [0.4, 0.5) is 0 Å². The van der Waals surface area contributed by atoms with E-state index in [4.69, 9.17) is 14.2 Å². The van der Waals surface area contributed by atoms with Crippen molar-refractivity contribution in [1.29, 1.82) is 0 Å². The van der Waals surface area contributed by atoms with Crippen LogP contribution in [0.2, 0.25) is 0 Å². The first-order chi connectivity index (χ1) is 14.2. The summed E-state index contributed by atoms with van der Waals surface area (Å²) in [5, 5.41) is 2.49. The zero-order valence-corrected chi connectivity index (χ0v) is 18.5. The van der Waals surface area contributed by atoms with E-state index in [0.717, 1.165) is 12.8 Å². The SMILES string of the molecule is C=C(C)C(=O)OC(CC(CC)OCCC)CC(CC)C(=O)OC(=O)C1CCC(=O)N1. The average molecular weight is 426 g/mol. The minimum Gasteiger partial charge on any atom is -0.459 e. The molecule has 0 aromatic carbocycles. The van der Waals surface area contributed by atoms with Gasteiger partial charge in [-0.05, 0) is 39.0 Å². The van der Waals surface area contributed by atoms with Gasteiger partial charge in [0, 0.05) is 25.0 Å². The third kappa shape index (κ3) is 8.65. The largest absolute Gasteiger partial charge is 0.459 e. The van der Waals surface area contributed by atoms with Crippen LogP contribution in [-0.4, -0.2) is 48.7 Å². The lowest BCUT2D eigenvalue weighted by molar-refractivity contribution is -0.166. The second-order valence-corrected chi connectivity index (χ2v) is 7.68. The van der Waals surface area contributed by atoms with Gasteiger partial charge >= 0.3 is 17.9 Å². The molecule has 1 aliphatic rings. The fraction of sp³-hybridized carbons (Fsp3) is 0.727. The number of hydrogen-bond donors (Lipinski definition) is 1. The van der Waals surface area contributed by atoms with Gasteiger partial charge in [-0.15, -0.1) is 0 Å². The third-order valence-electron chi connectivity index (χ3n) is 5.02. The van der Waals surface area contributed by atoms with Crippen molar-refractivity contribution in [2.24, 2.45) is 5.92 Å². The molecule has 4 unspecified atom stereocenters. The van der Waals surface area contributed by atoms with E-state index in [9.17, 15) is 19.2 Å². The van der Waals surface area contributed by atoms with Gasteiger partial charge in [0.1, 0.15) is 12.1 Å². The number of hydrogen-bond acceptors (Lipinski definition) is 7. The molecular weight excluding hydrogens is 390 g/mol. The molecule has 30 heavy (non-hydrogen) atoms. The highest BCUT2D eigenvalue weighted by atomic mass is 16.6. The number of amides is 1. The Morgan fingerprint density at radius 3 is 2.33 bits per heavy atom. The molecular formula is C22H35NO7. The van der Waals surface area contributed by atoms with Crippen molar-refractivity contribution in [1.82, 2.24) is 5.32 Å². The zero-order valence-electron chi connectivity index (χ0n) is 18.5. The maximum atomic E-state index is 12.6. The van der Waals surface area contributed by atoms with Gasteiger partial charge in [0.2, 0.25) is 5.91 Å². The highest BCUT2D eigenvalue weighted by Crippen LogP contribution is 2.22. The molecule has 1 fully saturated rings. The molecule has 0 saturated carbocycles. The highest BCUT2D eigenvalue weighted by molar-refractivity contribution is 5.94. The van der Waals surface area contributed by atoms with Gasteiger partial charge in [-0.25, -0.2) is 9.59 Å². The highest BCUT2D eigenvalue weighted by Gasteiger charge is 2.33. The molecule has 8 nitrogen and oxygen atoms in total. The van der Waals surface area contributed by atoms with E-state index in [0.29, 0.717) is 25.9 Å². The summed E-state index contributed by atoms with van der Waals surface area (Å²) in [5.41, 5.74) is 0.269. The van der Waals surface area contributed by atoms with Crippen LogP contribution in [0, 0.1) is 5.92 Å². The molecule has 1 amide bonds. The molecule has 0 aliphatic carbocycles. The van der Waals surface area contributed by atoms with Crippen LogP contribution >= 0.6 is 0 Å². The van der Waals surface area contributed by atoms with Crippen molar-refractivity contribution in [2.75, 3.05) is 6.61 Å². The van der Waals surface area contributed by atoms with Crippen molar-refractivity contribution in [3.05, 3.63) is 12.2 Å². The van der Waals surface area contributed by atoms with E-state index < -0.39 is 36.0 Å². The van der Waals surface area contributed by atoms with Crippen molar-refractivity contribution >= 4 is 23.8 Å². The minimum absolute atomic E-state index is 0.114. The molecule has 0 bridgehead atoms. The summed E-state index contributed by atoms with van der Waals surface area (Å²) >= 11 is 0. The Balaban J connectivity index is 2.79. The summed E-state index contributed by atoms with van der Waals surface area (Å²) in [4.78, 5) is 48.1. The summed E-state index contributed by atoms with van der Waals surface area (Å²) in [6.07, 6.45) is 2.53. The minimum atomic E-state index is -0.789. The van der Waals surface area contributed by atoms with Crippen molar-refractivity contribution in [3.63, 3.8) is 0 Å². The van der Waals surface area contributed by atoms with Gasteiger partial charge < -0.3 is 19.5 Å². The van der Waals surface area contributed by atoms with E-state index in [1.165, 1.54) is 0 Å². The van der Waals surface area contributed by atoms with Gasteiger partial charge in [0.05, 0.1) is 12.0 Å². The van der Waals surface area contributed by atoms with E-state index in [2.05, 4.69) is 11.9 Å². The predicted octanol–water partition coefficient (Wildman–Crippen LogP) is 2.83. The quantitative estimate of drug-likeness (QED) is 0.275. The zero-order chi connectivity index (χ0) is 22.7. The molecule has 1 aliphatic heterocycles. The van der Waals surface area contributed by atoms with Gasteiger partial charge in [-0.3, -0.25) is 9.59 Å². The van der Waals surface area contributed by atoms with Gasteiger partial charge in [-0.1, -0.05) is 27.4 Å². The first-order valence-electron chi connectivity index (χ1n) is 10.7. The first-order valence-corrected chi connectivity index (χ1v) is 10.7. The standard InChI is InChI=1S/C22H35NO7/c1-6-11-28-16(8-3)13-17(29-20(25)14(4)5)12-15(7-2)21(26)30-22(27)18-9-10-19(24)23-18/h15-18H,4,6-13H2,1-3,5H3,(H,23,24). The molecule has 170 valence electrons. The number of carbonyl (C=O) groups excluding carboxylic acids is 4. The van der Waals surface area contributed by atoms with Gasteiger partial charge in [-0.2, -0.15) is 0 Å². The Bertz CT molecular complexity index is 631. The smallest absolute Gasteiger partial charge is 0.336 e. The fourth-order valence-corrected chi connectivity index (χ4v) is 3.17. The second kappa shape index (κ2) is 13.2. The van der Waals surface area contributed by atoms with E-state index in [1.54, 1.807) is 13.8 Å². The number of carbonyl (C=O) groups is 4. The molecule has 1 N–H and O–H groups in total. The van der Waals surface area contributed by atoms with E-state index in [1.807, 2.05) is 13.8 Å². The Hall–Kier alpha value is -2.22. The van der Waals surface area contributed by atoms with Crippen LogP contribution in [0.25, 0.3) is 0 Å². The Kier molecular flexibility index (Phi) is 11.3. The fourth-order valence-electron chi connectivity index (χ4n) is 3.17. The Morgan fingerprint density at radius 1 is 1.13 bits per heavy atom. The molecule has 1 saturated heterocycles. The monoisotopic (exact) mass is 425 g/mol. The molecule has 8 heteroatoms. The molecule has 1 rings (SSSR count). The number of esters is 3. The van der Waals surface area contributed by atoms with Crippen LogP contribution in [0.5, 0.6) is 0 Å². The number of nitrogens with one attached hydrogen (secondary N) is 1. The summed E-state index contributed by atoms with van der Waals surface area (Å²) < 4.78 is 16.4. The number of ether oxygens (including phenoxy) is 3. The molecule has 0 radical (unpaired) electrons. The van der Waals surface area contributed by atoms with Crippen molar-refractivity contribution in [3.8, 4) is 0 Å². The van der Waals surface area contributed by atoms with Crippen molar-refractivity contribution in [2.45, 2.75) is 90.9 Å². The predicted molar refractivity (Wildman–Crippen MR) is 110 cm³/mol. The van der Waals surface area contributed by atoms with Crippen LogP contribution in [-0.2, 0) is 33.4 Å². The second-order valence-electron chi connectivity index (χ2n) is 7.68. The first kappa shape index (κ1) is 25.8. The molecule has 0 aromatic heterocycles. The number of rotatable bonds is 13. The Morgan fingerprint density at radius 2 is 1.83 bits per heavy atom. The molecule has 0 spiro atoms. The lowest BCUT2D eigenvalue weighted by atomic mass is 9.95. The molecule has 4 atom stereocenters. The Labute approximate surface area is 178 Å². The van der Waals surface area contributed by atoms with Crippen LogP contribution in [0.15, 0.2) is 12.2 Å². The summed E-state index contributed by atoms with van der Waals surface area (Å²) in [6, 6.07) is -0.789.